The van der Waals surface area contributed by atoms with Crippen molar-refractivity contribution >= 4 is 5.91 Å². The minimum Gasteiger partial charge on any atom is -0.339 e. The number of hydrogen-bond donors (Lipinski definition) is 1. The zero-order chi connectivity index (χ0) is 16.7. The minimum atomic E-state index is -0.281. The summed E-state index contributed by atoms with van der Waals surface area (Å²) in [5.74, 6) is 1.01. The number of rotatable bonds is 2. The van der Waals surface area contributed by atoms with Gasteiger partial charge in [0.1, 0.15) is 5.56 Å². The Labute approximate surface area is 139 Å². The van der Waals surface area contributed by atoms with E-state index in [1.165, 1.54) is 0 Å². The molecule has 1 saturated heterocycles. The number of fused-ring (bicyclic) bond motifs is 1. The summed E-state index contributed by atoms with van der Waals surface area (Å²) >= 11 is 0. The average molecular weight is 328 g/mol. The number of nitrogens with zero attached hydrogens (tertiary/aromatic N) is 3. The standard InChI is InChI=1S/C17H20N4O3/c1-10-18-16(24-20-10)12-5-3-7-21(9-12)17(23)13-8-11-4-2-6-14(11)19-15(13)22/h8,12H,2-7,9H2,1H3,(H,19,22)/t12-/m0/s1. The number of nitrogens with one attached hydrogen (secondary N) is 1. The van der Waals surface area contributed by atoms with Crippen LogP contribution >= 0.6 is 0 Å². The third-order valence-electron chi connectivity index (χ3n) is 4.92. The molecule has 0 unspecified atom stereocenters. The number of aromatic nitrogens is 3. The van der Waals surface area contributed by atoms with Crippen molar-refractivity contribution in [3.05, 3.63) is 45.0 Å². The first-order valence-electron chi connectivity index (χ1n) is 8.46. The van der Waals surface area contributed by atoms with Crippen LogP contribution in [-0.2, 0) is 12.8 Å². The van der Waals surface area contributed by atoms with Crippen molar-refractivity contribution in [2.45, 2.75) is 44.9 Å². The molecule has 1 atom stereocenters. The van der Waals surface area contributed by atoms with E-state index >= 15 is 0 Å². The summed E-state index contributed by atoms with van der Waals surface area (Å²) in [6, 6.07) is 1.78. The molecule has 1 aliphatic carbocycles. The highest BCUT2D eigenvalue weighted by Gasteiger charge is 2.30. The molecule has 24 heavy (non-hydrogen) atoms. The van der Waals surface area contributed by atoms with Gasteiger partial charge in [-0.15, -0.1) is 0 Å². The summed E-state index contributed by atoms with van der Waals surface area (Å²) < 4.78 is 5.25. The fourth-order valence-corrected chi connectivity index (χ4v) is 3.68. The largest absolute Gasteiger partial charge is 0.339 e. The fraction of sp³-hybridized carbons (Fsp3) is 0.529. The second kappa shape index (κ2) is 5.89. The number of aromatic amines is 1. The van der Waals surface area contributed by atoms with E-state index in [0.717, 1.165) is 43.4 Å². The number of amides is 1. The second-order valence-electron chi connectivity index (χ2n) is 6.64. The highest BCUT2D eigenvalue weighted by molar-refractivity contribution is 5.94. The van der Waals surface area contributed by atoms with Gasteiger partial charge in [0.2, 0.25) is 5.89 Å². The van der Waals surface area contributed by atoms with Gasteiger partial charge in [0.25, 0.3) is 11.5 Å². The number of piperidine rings is 1. The normalized spacial score (nSPS) is 20.2. The first-order valence-corrected chi connectivity index (χ1v) is 8.46. The number of pyridine rings is 1. The predicted molar refractivity (Wildman–Crippen MR) is 86.0 cm³/mol. The van der Waals surface area contributed by atoms with E-state index < -0.39 is 0 Å². The molecule has 2 aromatic rings. The zero-order valence-electron chi connectivity index (χ0n) is 13.7. The van der Waals surface area contributed by atoms with E-state index in [9.17, 15) is 9.59 Å². The third kappa shape index (κ3) is 2.64. The Bertz CT molecular complexity index is 839. The number of likely N-dealkylation sites (tertiary alicyclic amines) is 1. The van der Waals surface area contributed by atoms with Gasteiger partial charge >= 0.3 is 0 Å². The Hall–Kier alpha value is -2.44. The fourth-order valence-electron chi connectivity index (χ4n) is 3.68. The molecule has 0 spiro atoms. The van der Waals surface area contributed by atoms with Crippen molar-refractivity contribution in [1.82, 2.24) is 20.0 Å². The third-order valence-corrected chi connectivity index (χ3v) is 4.92. The van der Waals surface area contributed by atoms with Crippen LogP contribution in [0.15, 0.2) is 15.4 Å². The van der Waals surface area contributed by atoms with Gasteiger partial charge in [-0.1, -0.05) is 5.16 Å². The van der Waals surface area contributed by atoms with Gasteiger partial charge in [-0.25, -0.2) is 0 Å². The van der Waals surface area contributed by atoms with Crippen LogP contribution in [-0.4, -0.2) is 39.0 Å². The Morgan fingerprint density at radius 3 is 3.04 bits per heavy atom. The van der Waals surface area contributed by atoms with Gasteiger partial charge in [0, 0.05) is 18.8 Å². The monoisotopic (exact) mass is 328 g/mol. The maximum absolute atomic E-state index is 12.8. The topological polar surface area (TPSA) is 92.1 Å². The SMILES string of the molecule is Cc1noc([C@H]2CCCN(C(=O)c3cc4c([nH]c3=O)CCC4)C2)n1. The van der Waals surface area contributed by atoms with E-state index in [2.05, 4.69) is 15.1 Å². The van der Waals surface area contributed by atoms with Crippen LogP contribution in [0, 0.1) is 6.92 Å². The van der Waals surface area contributed by atoms with Crippen molar-refractivity contribution in [1.29, 1.82) is 0 Å². The lowest BCUT2D eigenvalue weighted by Crippen LogP contribution is -2.41. The molecule has 7 heteroatoms. The molecule has 0 aromatic carbocycles. The van der Waals surface area contributed by atoms with Crippen LogP contribution in [0.25, 0.3) is 0 Å². The summed E-state index contributed by atoms with van der Waals surface area (Å²) in [5.41, 5.74) is 2.04. The lowest BCUT2D eigenvalue weighted by molar-refractivity contribution is 0.0693. The molecule has 0 bridgehead atoms. The maximum atomic E-state index is 12.8. The van der Waals surface area contributed by atoms with E-state index in [1.54, 1.807) is 17.9 Å². The molecule has 7 nitrogen and oxygen atoms in total. The molecule has 1 aliphatic heterocycles. The Kier molecular flexibility index (Phi) is 3.70. The molecule has 0 saturated carbocycles. The highest BCUT2D eigenvalue weighted by Crippen LogP contribution is 2.27. The van der Waals surface area contributed by atoms with Crippen LogP contribution in [0.2, 0.25) is 0 Å². The van der Waals surface area contributed by atoms with Crippen LogP contribution in [0.3, 0.4) is 0 Å². The summed E-state index contributed by atoms with van der Waals surface area (Å²) in [7, 11) is 0. The molecule has 1 fully saturated rings. The van der Waals surface area contributed by atoms with E-state index in [1.807, 2.05) is 0 Å². The van der Waals surface area contributed by atoms with Gasteiger partial charge in [0.15, 0.2) is 5.82 Å². The van der Waals surface area contributed by atoms with Crippen LogP contribution in [0.5, 0.6) is 0 Å². The van der Waals surface area contributed by atoms with Crippen molar-refractivity contribution < 1.29 is 9.32 Å². The number of aryl methyl sites for hydroxylation is 3. The van der Waals surface area contributed by atoms with Crippen LogP contribution in [0.4, 0.5) is 0 Å². The lowest BCUT2D eigenvalue weighted by atomic mass is 9.97. The van der Waals surface area contributed by atoms with Crippen LogP contribution < -0.4 is 5.56 Å². The maximum Gasteiger partial charge on any atom is 0.261 e. The summed E-state index contributed by atoms with van der Waals surface area (Å²) in [6.07, 6.45) is 4.62. The van der Waals surface area contributed by atoms with Crippen molar-refractivity contribution in [3.8, 4) is 0 Å². The van der Waals surface area contributed by atoms with Gasteiger partial charge < -0.3 is 14.4 Å². The molecule has 1 amide bonds. The summed E-state index contributed by atoms with van der Waals surface area (Å²) in [6.45, 7) is 2.94. The van der Waals surface area contributed by atoms with Gasteiger partial charge in [-0.3, -0.25) is 9.59 Å². The minimum absolute atomic E-state index is 0.0393. The molecular weight excluding hydrogens is 308 g/mol. The number of carbonyl (C=O) groups excluding carboxylic acids is 1. The predicted octanol–water partition coefficient (Wildman–Crippen LogP) is 1.57. The first kappa shape index (κ1) is 15.1. The first-order chi connectivity index (χ1) is 11.6. The average Bonchev–Trinajstić information content (AvgIpc) is 3.22. The smallest absolute Gasteiger partial charge is 0.261 e. The molecular formula is C17H20N4O3. The molecule has 126 valence electrons. The van der Waals surface area contributed by atoms with Crippen LogP contribution in [0.1, 0.15) is 58.5 Å². The van der Waals surface area contributed by atoms with Crippen molar-refractivity contribution in [2.24, 2.45) is 0 Å². The van der Waals surface area contributed by atoms with Gasteiger partial charge in [-0.05, 0) is 50.7 Å². The molecule has 4 rings (SSSR count). The van der Waals surface area contributed by atoms with E-state index in [4.69, 9.17) is 4.52 Å². The van der Waals surface area contributed by atoms with E-state index in [0.29, 0.717) is 24.8 Å². The molecule has 2 aromatic heterocycles. The highest BCUT2D eigenvalue weighted by atomic mass is 16.5. The summed E-state index contributed by atoms with van der Waals surface area (Å²) in [5, 5.41) is 3.83. The number of carbonyl (C=O) groups is 1. The quantitative estimate of drug-likeness (QED) is 0.903. The Morgan fingerprint density at radius 2 is 2.25 bits per heavy atom. The summed E-state index contributed by atoms with van der Waals surface area (Å²) in [4.78, 5) is 34.0. The van der Waals surface area contributed by atoms with E-state index in [-0.39, 0.29) is 22.9 Å². The molecule has 1 N–H and O–H groups in total. The van der Waals surface area contributed by atoms with Gasteiger partial charge in [-0.2, -0.15) is 4.98 Å². The van der Waals surface area contributed by atoms with Gasteiger partial charge in [0.05, 0.1) is 5.92 Å². The molecule has 2 aliphatic rings. The number of hydrogen-bond acceptors (Lipinski definition) is 5. The molecule has 0 radical (unpaired) electrons. The second-order valence-corrected chi connectivity index (χ2v) is 6.64. The van der Waals surface area contributed by atoms with Crippen molar-refractivity contribution in [2.75, 3.05) is 13.1 Å². The Balaban J connectivity index is 1.57. The lowest BCUT2D eigenvalue weighted by Gasteiger charge is -2.31. The molecule has 3 heterocycles. The zero-order valence-corrected chi connectivity index (χ0v) is 13.7. The Morgan fingerprint density at radius 1 is 1.38 bits per heavy atom. The number of H-pyrrole nitrogens is 1. The van der Waals surface area contributed by atoms with Crippen molar-refractivity contribution in [3.63, 3.8) is 0 Å².